The van der Waals surface area contributed by atoms with Crippen molar-refractivity contribution in [3.63, 3.8) is 0 Å². The third-order valence-electron chi connectivity index (χ3n) is 4.54. The lowest BCUT2D eigenvalue weighted by atomic mass is 10.0. The predicted molar refractivity (Wildman–Crippen MR) is 106 cm³/mol. The van der Waals surface area contributed by atoms with Crippen LogP contribution < -0.4 is 15.4 Å². The number of nitrogens with one attached hydrogen (secondary N) is 3. The van der Waals surface area contributed by atoms with E-state index in [-0.39, 0.29) is 30.0 Å². The average Bonchev–Trinajstić information content (AvgIpc) is 3.41. The lowest BCUT2D eigenvalue weighted by molar-refractivity contribution is 0.102. The lowest BCUT2D eigenvalue weighted by Crippen LogP contribution is -2.34. The summed E-state index contributed by atoms with van der Waals surface area (Å²) in [5.41, 5.74) is 0.898. The number of ether oxygens (including phenoxy) is 1. The monoisotopic (exact) mass is 419 g/mol. The fraction of sp³-hybridized carbons (Fsp3) is 0.412. The van der Waals surface area contributed by atoms with Crippen molar-refractivity contribution >= 4 is 24.0 Å². The number of hydrogen-bond acceptors (Lipinski definition) is 8. The van der Waals surface area contributed by atoms with Gasteiger partial charge in [-0.2, -0.15) is 5.21 Å². The summed E-state index contributed by atoms with van der Waals surface area (Å²) in [6.07, 6.45) is 6.35. The maximum Gasteiger partial charge on any atom is 0.361 e. The van der Waals surface area contributed by atoms with Gasteiger partial charge in [0.25, 0.3) is 5.91 Å². The van der Waals surface area contributed by atoms with Gasteiger partial charge in [-0.25, -0.2) is 0 Å². The van der Waals surface area contributed by atoms with E-state index < -0.39 is 0 Å². The fourth-order valence-corrected chi connectivity index (χ4v) is 3.07. The van der Waals surface area contributed by atoms with E-state index in [9.17, 15) is 4.79 Å². The van der Waals surface area contributed by atoms with Crippen LogP contribution in [0.25, 0.3) is 0 Å². The molecule has 2 aromatic heterocycles. The third-order valence-corrected chi connectivity index (χ3v) is 4.54. The van der Waals surface area contributed by atoms with Crippen LogP contribution in [0.1, 0.15) is 36.2 Å². The van der Waals surface area contributed by atoms with Gasteiger partial charge in [0.1, 0.15) is 5.75 Å². The normalized spacial score (nSPS) is 16.1. The second kappa shape index (κ2) is 9.94. The number of aromatic amines is 1. The van der Waals surface area contributed by atoms with Gasteiger partial charge in [-0.15, -0.1) is 17.5 Å². The predicted octanol–water partition coefficient (Wildman–Crippen LogP) is 1.79. The summed E-state index contributed by atoms with van der Waals surface area (Å²) in [7, 11) is 0. The van der Waals surface area contributed by atoms with Crippen molar-refractivity contribution in [2.75, 3.05) is 11.9 Å². The molecule has 1 fully saturated rings. The van der Waals surface area contributed by atoms with Gasteiger partial charge in [-0.1, -0.05) is 21.8 Å². The van der Waals surface area contributed by atoms with Crippen LogP contribution in [0.15, 0.2) is 30.5 Å². The van der Waals surface area contributed by atoms with E-state index in [2.05, 4.69) is 41.6 Å². The molecule has 1 unspecified atom stereocenters. The molecule has 3 N–H and O–H groups in total. The number of nitrogens with zero attached hydrogens (tertiary/aromatic N) is 6. The Bertz CT molecular complexity index is 892. The lowest BCUT2D eigenvalue weighted by Gasteiger charge is -2.23. The summed E-state index contributed by atoms with van der Waals surface area (Å²) in [6, 6.07) is 7.46. The van der Waals surface area contributed by atoms with Gasteiger partial charge in [0.15, 0.2) is 5.69 Å². The molecule has 1 aliphatic rings. The van der Waals surface area contributed by atoms with Gasteiger partial charge in [0, 0.05) is 18.3 Å². The highest BCUT2D eigenvalue weighted by molar-refractivity contribution is 6.02. The van der Waals surface area contributed by atoms with E-state index >= 15 is 0 Å². The van der Waals surface area contributed by atoms with Crippen LogP contribution in [0.3, 0.4) is 0 Å². The van der Waals surface area contributed by atoms with Crippen LogP contribution in [-0.2, 0) is 6.54 Å². The van der Waals surface area contributed by atoms with Crippen LogP contribution in [0, 0.1) is 0 Å². The zero-order chi connectivity index (χ0) is 19.2. The minimum atomic E-state index is -0.311. The second-order valence-corrected chi connectivity index (χ2v) is 6.58. The molecule has 1 aliphatic heterocycles. The molecule has 154 valence electrons. The Labute approximate surface area is 173 Å². The molecular formula is C17H22ClN9O2. The number of tetrazole rings is 1. The first kappa shape index (κ1) is 20.7. The molecule has 1 saturated heterocycles. The topological polar surface area (TPSA) is 136 Å². The highest BCUT2D eigenvalue weighted by atomic mass is 35.5. The van der Waals surface area contributed by atoms with Gasteiger partial charge in [-0.3, -0.25) is 9.48 Å². The summed E-state index contributed by atoms with van der Waals surface area (Å²) in [5.74, 6) is 0.218. The minimum absolute atomic E-state index is 0. The molecule has 1 amide bonds. The van der Waals surface area contributed by atoms with Gasteiger partial charge in [0.05, 0.1) is 6.20 Å². The van der Waals surface area contributed by atoms with Crippen LogP contribution in [-0.4, -0.2) is 54.1 Å². The first-order valence-electron chi connectivity index (χ1n) is 9.22. The average molecular weight is 420 g/mol. The number of benzene rings is 1. The molecule has 29 heavy (non-hydrogen) atoms. The molecule has 0 aliphatic carbocycles. The van der Waals surface area contributed by atoms with Crippen LogP contribution in [0.2, 0.25) is 0 Å². The quantitative estimate of drug-likeness (QED) is 0.527. The molecule has 11 nitrogen and oxygen atoms in total. The molecule has 0 spiro atoms. The summed E-state index contributed by atoms with van der Waals surface area (Å²) in [5, 5.41) is 27.5. The number of rotatable bonds is 7. The van der Waals surface area contributed by atoms with Crippen molar-refractivity contribution in [1.82, 2.24) is 40.9 Å². The van der Waals surface area contributed by atoms with E-state index in [0.29, 0.717) is 17.5 Å². The highest BCUT2D eigenvalue weighted by Gasteiger charge is 2.15. The summed E-state index contributed by atoms with van der Waals surface area (Å²) in [6.45, 7) is 1.81. The van der Waals surface area contributed by atoms with E-state index in [1.165, 1.54) is 19.3 Å². The summed E-state index contributed by atoms with van der Waals surface area (Å²) < 4.78 is 7.10. The number of piperidine rings is 1. The first-order chi connectivity index (χ1) is 13.8. The molecule has 4 rings (SSSR count). The molecule has 0 bridgehead atoms. The second-order valence-electron chi connectivity index (χ2n) is 6.58. The van der Waals surface area contributed by atoms with Gasteiger partial charge in [0.2, 0.25) is 0 Å². The van der Waals surface area contributed by atoms with Crippen molar-refractivity contribution in [3.8, 4) is 11.8 Å². The maximum atomic E-state index is 12.4. The fourth-order valence-electron chi connectivity index (χ4n) is 3.07. The number of hydrogen-bond donors (Lipinski definition) is 3. The first-order valence-corrected chi connectivity index (χ1v) is 9.22. The summed E-state index contributed by atoms with van der Waals surface area (Å²) in [4.78, 5) is 12.4. The van der Waals surface area contributed by atoms with Gasteiger partial charge >= 0.3 is 6.01 Å². The van der Waals surface area contributed by atoms with Crippen molar-refractivity contribution in [1.29, 1.82) is 0 Å². The third kappa shape index (κ3) is 5.72. The van der Waals surface area contributed by atoms with Crippen LogP contribution in [0.4, 0.5) is 5.69 Å². The number of amides is 1. The molecule has 0 saturated carbocycles. The number of halogens is 1. The Kier molecular flexibility index (Phi) is 7.09. The maximum absolute atomic E-state index is 12.4. The van der Waals surface area contributed by atoms with Gasteiger partial charge < -0.3 is 15.4 Å². The molecule has 1 atom stereocenters. The zero-order valence-corrected chi connectivity index (χ0v) is 16.4. The molecule has 3 heterocycles. The Hall–Kier alpha value is -3.05. The number of aryl methyl sites for hydroxylation is 1. The standard InChI is InChI=1S/C17H21N9O2.ClH/c27-16(15-11-26(25-20-15)10-8-12-3-1-2-9-18-12)19-13-4-6-14(7-5-13)28-17-21-23-24-22-17;/h4-7,11-12,18H,1-3,8-10H2,(H,19,27)(H,21,22,23,24);1H. The number of aromatic nitrogens is 7. The Balaban J connectivity index is 0.00000240. The molecular weight excluding hydrogens is 398 g/mol. The number of carbonyl (C=O) groups excluding carboxylic acids is 1. The van der Waals surface area contributed by atoms with Crippen molar-refractivity contribution < 1.29 is 9.53 Å². The Morgan fingerprint density at radius 1 is 1.24 bits per heavy atom. The number of carbonyl (C=O) groups is 1. The van der Waals surface area contributed by atoms with Crippen LogP contribution >= 0.6 is 12.4 Å². The van der Waals surface area contributed by atoms with E-state index in [1.807, 2.05) is 0 Å². The molecule has 1 aromatic carbocycles. The SMILES string of the molecule is Cl.O=C(Nc1ccc(Oc2nn[nH]n2)cc1)c1cn(CCC2CCCCN2)nn1. The van der Waals surface area contributed by atoms with E-state index in [1.54, 1.807) is 35.1 Å². The molecule has 0 radical (unpaired) electrons. The largest absolute Gasteiger partial charge is 0.422 e. The van der Waals surface area contributed by atoms with E-state index in [0.717, 1.165) is 19.5 Å². The Morgan fingerprint density at radius 3 is 2.83 bits per heavy atom. The zero-order valence-electron chi connectivity index (χ0n) is 15.6. The van der Waals surface area contributed by atoms with Crippen molar-refractivity contribution in [3.05, 3.63) is 36.2 Å². The minimum Gasteiger partial charge on any atom is -0.422 e. The van der Waals surface area contributed by atoms with Crippen molar-refractivity contribution in [2.45, 2.75) is 38.3 Å². The summed E-state index contributed by atoms with van der Waals surface area (Å²) >= 11 is 0. The molecule has 3 aromatic rings. The molecule has 12 heteroatoms. The van der Waals surface area contributed by atoms with E-state index in [4.69, 9.17) is 4.74 Å². The highest BCUT2D eigenvalue weighted by Crippen LogP contribution is 2.19. The Morgan fingerprint density at radius 2 is 2.10 bits per heavy atom. The van der Waals surface area contributed by atoms with Crippen LogP contribution in [0.5, 0.6) is 11.8 Å². The number of H-pyrrole nitrogens is 1. The van der Waals surface area contributed by atoms with Gasteiger partial charge in [-0.05, 0) is 55.3 Å². The van der Waals surface area contributed by atoms with Crippen molar-refractivity contribution in [2.24, 2.45) is 0 Å². The smallest absolute Gasteiger partial charge is 0.361 e. The number of anilines is 1.